The van der Waals surface area contributed by atoms with Crippen molar-refractivity contribution in [2.24, 2.45) is 0 Å². The zero-order valence-corrected chi connectivity index (χ0v) is 17.0. The summed E-state index contributed by atoms with van der Waals surface area (Å²) in [5.41, 5.74) is -1.67. The maximum Gasteiger partial charge on any atom is 0.433 e. The summed E-state index contributed by atoms with van der Waals surface area (Å²) in [6.07, 6.45) is -5.56. The largest absolute Gasteiger partial charge is 0.433 e. The van der Waals surface area contributed by atoms with Crippen LogP contribution in [0.5, 0.6) is 0 Å². The van der Waals surface area contributed by atoms with E-state index in [-0.39, 0.29) is 24.3 Å². The van der Waals surface area contributed by atoms with Gasteiger partial charge in [-0.2, -0.15) is 31.6 Å². The van der Waals surface area contributed by atoms with Gasteiger partial charge in [-0.05, 0) is 35.4 Å². The molecule has 0 saturated heterocycles. The molecule has 4 rings (SSSR count). The van der Waals surface area contributed by atoms with Gasteiger partial charge in [0.15, 0.2) is 0 Å². The first-order valence-corrected chi connectivity index (χ1v) is 9.65. The second-order valence-electron chi connectivity index (χ2n) is 7.35. The van der Waals surface area contributed by atoms with Crippen molar-refractivity contribution in [3.63, 3.8) is 0 Å². The number of aromatic nitrogens is 4. The first-order chi connectivity index (χ1) is 16.0. The first-order valence-electron chi connectivity index (χ1n) is 9.65. The Morgan fingerprint density at radius 1 is 0.853 bits per heavy atom. The van der Waals surface area contributed by atoms with E-state index in [1.54, 1.807) is 18.3 Å². The van der Waals surface area contributed by atoms with E-state index in [1.165, 1.54) is 21.3 Å². The summed E-state index contributed by atoms with van der Waals surface area (Å²) in [6, 6.07) is 9.07. The predicted octanol–water partition coefficient (Wildman–Crippen LogP) is 4.55. The SMILES string of the molecule is N#Cc1c2n(Cc3ccc(C(F)(F)F)nc3)cccc-2n(Cc2ccc(C(F)(F)F)nc2)c1=O. The molecule has 0 unspecified atom stereocenters. The zero-order chi connectivity index (χ0) is 24.7. The van der Waals surface area contributed by atoms with E-state index >= 15 is 0 Å². The van der Waals surface area contributed by atoms with Crippen LogP contribution < -0.4 is 5.56 Å². The third-order valence-electron chi connectivity index (χ3n) is 5.07. The number of halogens is 6. The van der Waals surface area contributed by atoms with Crippen LogP contribution in [0.2, 0.25) is 0 Å². The summed E-state index contributed by atoms with van der Waals surface area (Å²) in [5.74, 6) is 0. The van der Waals surface area contributed by atoms with Gasteiger partial charge in [0.1, 0.15) is 23.0 Å². The van der Waals surface area contributed by atoms with Crippen molar-refractivity contribution >= 4 is 0 Å². The number of hydrogen-bond acceptors (Lipinski definition) is 4. The van der Waals surface area contributed by atoms with Crippen LogP contribution in [0.1, 0.15) is 28.1 Å². The lowest BCUT2D eigenvalue weighted by molar-refractivity contribution is -0.142. The smallest absolute Gasteiger partial charge is 0.341 e. The van der Waals surface area contributed by atoms with E-state index in [1.807, 2.05) is 6.07 Å². The second-order valence-corrected chi connectivity index (χ2v) is 7.35. The highest BCUT2D eigenvalue weighted by Crippen LogP contribution is 2.30. The monoisotopic (exact) mass is 477 g/mol. The lowest BCUT2D eigenvalue weighted by Crippen LogP contribution is -2.18. The number of hydrogen-bond donors (Lipinski definition) is 0. The summed E-state index contributed by atoms with van der Waals surface area (Å²) < 4.78 is 79.3. The summed E-state index contributed by atoms with van der Waals surface area (Å²) in [7, 11) is 0. The molecule has 2 aliphatic heterocycles. The number of nitrogens with zero attached hydrogens (tertiary/aromatic N) is 5. The van der Waals surface area contributed by atoms with Crippen molar-refractivity contribution in [1.29, 1.82) is 5.26 Å². The summed E-state index contributed by atoms with van der Waals surface area (Å²) in [6.45, 7) is -0.101. The molecule has 0 atom stereocenters. The quantitative estimate of drug-likeness (QED) is 0.404. The number of fused-ring (bicyclic) bond motifs is 1. The molecule has 0 N–H and O–H groups in total. The van der Waals surface area contributed by atoms with Gasteiger partial charge in [-0.3, -0.25) is 14.8 Å². The van der Waals surface area contributed by atoms with E-state index in [0.29, 0.717) is 16.8 Å². The van der Waals surface area contributed by atoms with Gasteiger partial charge in [-0.1, -0.05) is 12.1 Å². The number of nitriles is 1. The van der Waals surface area contributed by atoms with E-state index in [4.69, 9.17) is 0 Å². The number of rotatable bonds is 4. The molecule has 2 aromatic rings. The number of pyridine rings is 3. The van der Waals surface area contributed by atoms with E-state index in [9.17, 15) is 36.4 Å². The molecule has 0 aliphatic carbocycles. The fourth-order valence-electron chi connectivity index (χ4n) is 3.51. The average Bonchev–Trinajstić information content (AvgIpc) is 3.05. The van der Waals surface area contributed by atoms with Crippen LogP contribution in [-0.4, -0.2) is 19.1 Å². The normalized spacial score (nSPS) is 12.1. The average molecular weight is 477 g/mol. The van der Waals surface area contributed by atoms with Gasteiger partial charge in [-0.25, -0.2) is 0 Å². The topological polar surface area (TPSA) is 76.5 Å². The van der Waals surface area contributed by atoms with Crippen molar-refractivity contribution in [3.8, 4) is 17.5 Å². The molecule has 0 radical (unpaired) electrons. The van der Waals surface area contributed by atoms with Gasteiger partial charge < -0.3 is 9.13 Å². The summed E-state index contributed by atoms with van der Waals surface area (Å²) >= 11 is 0. The molecule has 0 amide bonds. The van der Waals surface area contributed by atoms with E-state index < -0.39 is 29.3 Å². The van der Waals surface area contributed by atoms with Crippen LogP contribution in [-0.2, 0) is 25.4 Å². The van der Waals surface area contributed by atoms with Crippen LogP contribution in [0, 0.1) is 11.3 Å². The molecule has 0 aromatic carbocycles. The first kappa shape index (κ1) is 23.0. The minimum atomic E-state index is -4.60. The highest BCUT2D eigenvalue weighted by Gasteiger charge is 2.33. The van der Waals surface area contributed by atoms with Crippen molar-refractivity contribution in [2.45, 2.75) is 25.4 Å². The highest BCUT2D eigenvalue weighted by atomic mass is 19.4. The van der Waals surface area contributed by atoms with Gasteiger partial charge in [0.25, 0.3) is 5.56 Å². The van der Waals surface area contributed by atoms with Crippen LogP contribution in [0.3, 0.4) is 0 Å². The Bertz CT molecular complexity index is 1390. The molecule has 0 spiro atoms. The maximum atomic E-state index is 12.9. The third kappa shape index (κ3) is 4.36. The van der Waals surface area contributed by atoms with Crippen LogP contribution in [0.25, 0.3) is 11.4 Å². The molecule has 4 heterocycles. The Labute approximate surface area is 187 Å². The molecule has 12 heteroatoms. The van der Waals surface area contributed by atoms with Crippen molar-refractivity contribution < 1.29 is 26.3 Å². The summed E-state index contributed by atoms with van der Waals surface area (Å²) in [4.78, 5) is 19.7. The maximum absolute atomic E-state index is 12.9. The second kappa shape index (κ2) is 8.33. The van der Waals surface area contributed by atoms with E-state index in [2.05, 4.69) is 9.97 Å². The lowest BCUT2D eigenvalue weighted by atomic mass is 10.1. The molecule has 174 valence electrons. The predicted molar refractivity (Wildman–Crippen MR) is 107 cm³/mol. The Kier molecular flexibility index (Phi) is 5.64. The minimum Gasteiger partial charge on any atom is -0.341 e. The van der Waals surface area contributed by atoms with Crippen molar-refractivity contribution in [3.05, 3.63) is 93.4 Å². The molecule has 2 aromatic heterocycles. The molecule has 0 fully saturated rings. The van der Waals surface area contributed by atoms with E-state index in [0.717, 1.165) is 24.5 Å². The molecular weight excluding hydrogens is 464 g/mol. The molecular formula is C22H13F6N5O. The van der Waals surface area contributed by atoms with Gasteiger partial charge in [0.05, 0.1) is 17.9 Å². The molecule has 0 bridgehead atoms. The van der Waals surface area contributed by atoms with Gasteiger partial charge in [0, 0.05) is 25.1 Å². The summed E-state index contributed by atoms with van der Waals surface area (Å²) in [5, 5.41) is 9.59. The van der Waals surface area contributed by atoms with Crippen LogP contribution in [0.15, 0.2) is 59.8 Å². The van der Waals surface area contributed by atoms with Crippen molar-refractivity contribution in [1.82, 2.24) is 19.1 Å². The van der Waals surface area contributed by atoms with Crippen LogP contribution >= 0.6 is 0 Å². The minimum absolute atomic E-state index is 0.0302. The standard InChI is InChI=1S/C22H13F6N5O/c23-21(24,25)17-5-3-13(9-30-17)11-32-7-1-2-16-19(32)15(8-29)20(34)33(16)12-14-4-6-18(31-10-14)22(26,27)28/h1-7,9-10H,11-12H2. The fourth-order valence-corrected chi connectivity index (χ4v) is 3.51. The Balaban J connectivity index is 1.69. The third-order valence-corrected chi connectivity index (χ3v) is 5.07. The lowest BCUT2D eigenvalue weighted by Gasteiger charge is -2.15. The van der Waals surface area contributed by atoms with Gasteiger partial charge in [-0.15, -0.1) is 0 Å². The van der Waals surface area contributed by atoms with Crippen LogP contribution in [0.4, 0.5) is 26.3 Å². The molecule has 6 nitrogen and oxygen atoms in total. The van der Waals surface area contributed by atoms with Gasteiger partial charge >= 0.3 is 12.4 Å². The van der Waals surface area contributed by atoms with Crippen molar-refractivity contribution in [2.75, 3.05) is 0 Å². The number of alkyl halides is 6. The zero-order valence-electron chi connectivity index (χ0n) is 17.0. The Morgan fingerprint density at radius 3 is 1.88 bits per heavy atom. The highest BCUT2D eigenvalue weighted by molar-refractivity contribution is 5.67. The molecule has 0 saturated carbocycles. The fraction of sp³-hybridized carbons (Fsp3) is 0.182. The molecule has 34 heavy (non-hydrogen) atoms. The van der Waals surface area contributed by atoms with Gasteiger partial charge in [0.2, 0.25) is 0 Å². The molecule has 2 aliphatic rings. The Morgan fingerprint density at radius 2 is 1.41 bits per heavy atom. The Hall–Kier alpha value is -4.14.